The predicted molar refractivity (Wildman–Crippen MR) is 52.0 cm³/mol. The van der Waals surface area contributed by atoms with Gasteiger partial charge in [-0.05, 0) is 29.5 Å². The second kappa shape index (κ2) is 2.72. The number of aromatic nitrogens is 2. The van der Waals surface area contributed by atoms with Gasteiger partial charge in [-0.25, -0.2) is 0 Å². The fourth-order valence-corrected chi connectivity index (χ4v) is 1.92. The van der Waals surface area contributed by atoms with E-state index in [2.05, 4.69) is 33.0 Å². The van der Waals surface area contributed by atoms with Crippen LogP contribution in [0.2, 0.25) is 0 Å². The molecule has 2 rings (SSSR count). The zero-order valence-electron chi connectivity index (χ0n) is 6.54. The number of carbonyl (C=O) groups excluding carboxylic acids is 1. The van der Waals surface area contributed by atoms with Gasteiger partial charge < -0.3 is 5.32 Å². The number of rotatable bonds is 0. The second-order valence-electron chi connectivity index (χ2n) is 2.84. The standard InChI is InChI=1S/C7H8IN3O/c1-4-2-9-7(12)6-5(8)3-10-11(4)6/h3-4H,2H2,1H3,(H,9,12). The van der Waals surface area contributed by atoms with E-state index in [1.54, 1.807) is 10.9 Å². The van der Waals surface area contributed by atoms with Crippen molar-refractivity contribution >= 4 is 28.5 Å². The Balaban J connectivity index is 2.57. The lowest BCUT2D eigenvalue weighted by atomic mass is 10.2. The summed E-state index contributed by atoms with van der Waals surface area (Å²) in [5, 5.41) is 6.95. The van der Waals surface area contributed by atoms with Gasteiger partial charge in [0.25, 0.3) is 5.91 Å². The summed E-state index contributed by atoms with van der Waals surface area (Å²) in [5.41, 5.74) is 0.689. The first-order valence-corrected chi connectivity index (χ1v) is 4.79. The van der Waals surface area contributed by atoms with Crippen LogP contribution in [0.15, 0.2) is 6.20 Å². The van der Waals surface area contributed by atoms with Gasteiger partial charge in [-0.3, -0.25) is 9.48 Å². The smallest absolute Gasteiger partial charge is 0.270 e. The van der Waals surface area contributed by atoms with Gasteiger partial charge in [-0.15, -0.1) is 0 Å². The molecule has 1 aromatic rings. The van der Waals surface area contributed by atoms with Crippen LogP contribution in [0.5, 0.6) is 0 Å². The first kappa shape index (κ1) is 8.03. The first-order chi connectivity index (χ1) is 5.70. The summed E-state index contributed by atoms with van der Waals surface area (Å²) in [6, 6.07) is 0.265. The van der Waals surface area contributed by atoms with E-state index >= 15 is 0 Å². The number of hydrogen-bond donors (Lipinski definition) is 1. The normalized spacial score (nSPS) is 21.8. The highest BCUT2D eigenvalue weighted by Gasteiger charge is 2.24. The molecule has 12 heavy (non-hydrogen) atoms. The van der Waals surface area contributed by atoms with Gasteiger partial charge in [0.05, 0.1) is 15.8 Å². The molecule has 0 fully saturated rings. The van der Waals surface area contributed by atoms with E-state index in [0.29, 0.717) is 12.2 Å². The highest BCUT2D eigenvalue weighted by molar-refractivity contribution is 14.1. The van der Waals surface area contributed by atoms with Crippen LogP contribution < -0.4 is 5.32 Å². The Hall–Kier alpha value is -0.590. The largest absolute Gasteiger partial charge is 0.349 e. The molecular weight excluding hydrogens is 269 g/mol. The lowest BCUT2D eigenvalue weighted by Crippen LogP contribution is -2.38. The quantitative estimate of drug-likeness (QED) is 0.713. The molecule has 1 N–H and O–H groups in total. The van der Waals surface area contributed by atoms with Gasteiger partial charge in [-0.1, -0.05) is 0 Å². The summed E-state index contributed by atoms with van der Waals surface area (Å²) in [4.78, 5) is 11.3. The number of carbonyl (C=O) groups is 1. The van der Waals surface area contributed by atoms with Gasteiger partial charge >= 0.3 is 0 Å². The van der Waals surface area contributed by atoms with Crippen molar-refractivity contribution in [3.05, 3.63) is 15.5 Å². The van der Waals surface area contributed by atoms with Crippen molar-refractivity contribution in [3.63, 3.8) is 0 Å². The van der Waals surface area contributed by atoms with Crippen LogP contribution in [0, 0.1) is 3.57 Å². The highest BCUT2D eigenvalue weighted by atomic mass is 127. The molecule has 0 saturated carbocycles. The Morgan fingerprint density at radius 3 is 3.25 bits per heavy atom. The number of halogens is 1. The molecule has 0 aromatic carbocycles. The summed E-state index contributed by atoms with van der Waals surface area (Å²) in [7, 11) is 0. The predicted octanol–water partition coefficient (Wildman–Crippen LogP) is 0.792. The van der Waals surface area contributed by atoms with Crippen LogP contribution in [0.3, 0.4) is 0 Å². The van der Waals surface area contributed by atoms with Gasteiger partial charge in [0.2, 0.25) is 0 Å². The molecule has 1 aliphatic heterocycles. The molecule has 0 aliphatic carbocycles. The molecule has 0 spiro atoms. The van der Waals surface area contributed by atoms with E-state index in [0.717, 1.165) is 3.57 Å². The maximum absolute atomic E-state index is 11.3. The molecule has 1 unspecified atom stereocenters. The Kier molecular flexibility index (Phi) is 1.82. The topological polar surface area (TPSA) is 46.9 Å². The minimum absolute atomic E-state index is 0.0185. The third-order valence-corrected chi connectivity index (χ3v) is 2.73. The van der Waals surface area contributed by atoms with Crippen LogP contribution in [0.25, 0.3) is 0 Å². The Morgan fingerprint density at radius 2 is 2.58 bits per heavy atom. The summed E-state index contributed by atoms with van der Waals surface area (Å²) < 4.78 is 2.69. The number of nitrogens with zero attached hydrogens (tertiary/aromatic N) is 2. The molecular formula is C7H8IN3O. The minimum atomic E-state index is -0.0185. The molecule has 1 atom stereocenters. The Morgan fingerprint density at radius 1 is 1.83 bits per heavy atom. The third-order valence-electron chi connectivity index (χ3n) is 1.94. The second-order valence-corrected chi connectivity index (χ2v) is 4.01. The molecule has 1 aromatic heterocycles. The van der Waals surface area contributed by atoms with Crippen LogP contribution in [-0.4, -0.2) is 22.2 Å². The molecule has 0 bridgehead atoms. The SMILES string of the molecule is CC1CNC(=O)c2c(I)cnn21. The summed E-state index contributed by atoms with van der Waals surface area (Å²) in [6.07, 6.45) is 1.72. The van der Waals surface area contributed by atoms with Crippen molar-refractivity contribution in [1.82, 2.24) is 15.1 Å². The lowest BCUT2D eigenvalue weighted by Gasteiger charge is -2.21. The molecule has 0 radical (unpaired) electrons. The summed E-state index contributed by atoms with van der Waals surface area (Å²) in [5.74, 6) is -0.0185. The summed E-state index contributed by atoms with van der Waals surface area (Å²) in [6.45, 7) is 2.70. The molecule has 4 nitrogen and oxygen atoms in total. The summed E-state index contributed by atoms with van der Waals surface area (Å²) >= 11 is 2.12. The minimum Gasteiger partial charge on any atom is -0.349 e. The first-order valence-electron chi connectivity index (χ1n) is 3.71. The zero-order valence-corrected chi connectivity index (χ0v) is 8.70. The van der Waals surface area contributed by atoms with Crippen LogP contribution >= 0.6 is 22.6 Å². The van der Waals surface area contributed by atoms with Crippen molar-refractivity contribution in [2.45, 2.75) is 13.0 Å². The van der Waals surface area contributed by atoms with Crippen molar-refractivity contribution in [3.8, 4) is 0 Å². The van der Waals surface area contributed by atoms with E-state index in [-0.39, 0.29) is 11.9 Å². The van der Waals surface area contributed by atoms with Gasteiger partial charge in [0.1, 0.15) is 5.69 Å². The number of amides is 1. The highest BCUT2D eigenvalue weighted by Crippen LogP contribution is 2.18. The molecule has 0 saturated heterocycles. The fourth-order valence-electron chi connectivity index (χ4n) is 1.30. The third kappa shape index (κ3) is 1.03. The van der Waals surface area contributed by atoms with Crippen molar-refractivity contribution in [2.75, 3.05) is 6.54 Å². The van der Waals surface area contributed by atoms with E-state index < -0.39 is 0 Å². The van der Waals surface area contributed by atoms with E-state index in [4.69, 9.17) is 0 Å². The molecule has 64 valence electrons. The van der Waals surface area contributed by atoms with E-state index in [9.17, 15) is 4.79 Å². The van der Waals surface area contributed by atoms with E-state index in [1.165, 1.54) is 0 Å². The maximum Gasteiger partial charge on any atom is 0.270 e. The maximum atomic E-state index is 11.3. The molecule has 1 amide bonds. The van der Waals surface area contributed by atoms with Crippen molar-refractivity contribution in [1.29, 1.82) is 0 Å². The molecule has 2 heterocycles. The Bertz CT molecular complexity index is 333. The lowest BCUT2D eigenvalue weighted by molar-refractivity contribution is 0.0911. The van der Waals surface area contributed by atoms with Crippen molar-refractivity contribution < 1.29 is 4.79 Å². The monoisotopic (exact) mass is 277 g/mol. The number of nitrogens with one attached hydrogen (secondary N) is 1. The van der Waals surface area contributed by atoms with Crippen LogP contribution in [-0.2, 0) is 0 Å². The van der Waals surface area contributed by atoms with Gasteiger partial charge in [-0.2, -0.15) is 5.10 Å². The molecule has 1 aliphatic rings. The number of hydrogen-bond acceptors (Lipinski definition) is 2. The van der Waals surface area contributed by atoms with Crippen LogP contribution in [0.1, 0.15) is 23.5 Å². The van der Waals surface area contributed by atoms with Crippen molar-refractivity contribution in [2.24, 2.45) is 0 Å². The number of fused-ring (bicyclic) bond motifs is 1. The molecule has 5 heteroatoms. The van der Waals surface area contributed by atoms with Crippen LogP contribution in [0.4, 0.5) is 0 Å². The van der Waals surface area contributed by atoms with E-state index in [1.807, 2.05) is 6.92 Å². The zero-order chi connectivity index (χ0) is 8.72. The fraction of sp³-hybridized carbons (Fsp3) is 0.429. The van der Waals surface area contributed by atoms with Gasteiger partial charge in [0.15, 0.2) is 0 Å². The Labute approximate surface area is 83.5 Å². The average Bonchev–Trinajstić information content (AvgIpc) is 2.42. The van der Waals surface area contributed by atoms with Gasteiger partial charge in [0, 0.05) is 6.54 Å². The average molecular weight is 277 g/mol.